The number of carbonyl (C=O) groups is 1. The van der Waals surface area contributed by atoms with Crippen molar-refractivity contribution in [3.8, 4) is 0 Å². The van der Waals surface area contributed by atoms with Crippen LogP contribution in [0.4, 0.5) is 5.69 Å². The van der Waals surface area contributed by atoms with Crippen LogP contribution in [0.1, 0.15) is 15.9 Å². The number of fused-ring (bicyclic) bond motifs is 2. The van der Waals surface area contributed by atoms with Gasteiger partial charge < -0.3 is 0 Å². The summed E-state index contributed by atoms with van der Waals surface area (Å²) >= 11 is 0. The van der Waals surface area contributed by atoms with Gasteiger partial charge in [0.05, 0.1) is 17.7 Å². The number of hydrogen-bond acceptors (Lipinski definition) is 3. The Balaban J connectivity index is 1.63. The summed E-state index contributed by atoms with van der Waals surface area (Å²) < 4.78 is 0. The van der Waals surface area contributed by atoms with E-state index < -0.39 is 0 Å². The minimum atomic E-state index is 0.0110. The Morgan fingerprint density at radius 2 is 1.95 bits per heavy atom. The first-order chi connectivity index (χ1) is 10.3. The highest BCUT2D eigenvalue weighted by Gasteiger charge is 2.26. The molecule has 2 heterocycles. The minimum Gasteiger partial charge on any atom is -0.295 e. The normalized spacial score (nSPS) is 13.5. The summed E-state index contributed by atoms with van der Waals surface area (Å²) in [7, 11) is 0. The lowest BCUT2D eigenvalue weighted by Gasteiger charge is -2.18. The third kappa shape index (κ3) is 2.01. The molecular weight excluding hydrogens is 262 g/mol. The Labute approximate surface area is 122 Å². The molecule has 0 bridgehead atoms. The molecule has 1 aliphatic rings. The van der Waals surface area contributed by atoms with Gasteiger partial charge in [0.25, 0.3) is 5.91 Å². The van der Waals surface area contributed by atoms with Crippen molar-refractivity contribution in [3.05, 3.63) is 71.9 Å². The van der Waals surface area contributed by atoms with Crippen LogP contribution in [0.5, 0.6) is 0 Å². The number of benzene rings is 2. The standard InChI is InChI=1S/C17H13N3O/c21-17-15-6-2-1-4-13(15)11-20(17)19-14-7-8-16-12(10-14)5-3-9-18-16/h1-10,19H,11H2. The van der Waals surface area contributed by atoms with Gasteiger partial charge >= 0.3 is 0 Å². The number of hydrazine groups is 1. The molecule has 0 unspecified atom stereocenters. The van der Waals surface area contributed by atoms with Gasteiger partial charge in [-0.3, -0.25) is 15.2 Å². The van der Waals surface area contributed by atoms with E-state index in [1.165, 1.54) is 0 Å². The van der Waals surface area contributed by atoms with Gasteiger partial charge in [-0.05, 0) is 35.9 Å². The van der Waals surface area contributed by atoms with Gasteiger partial charge in [0, 0.05) is 17.1 Å². The molecule has 0 saturated carbocycles. The molecule has 3 aromatic rings. The summed E-state index contributed by atoms with van der Waals surface area (Å²) in [6, 6.07) is 17.5. The number of amides is 1. The van der Waals surface area contributed by atoms with Crippen LogP contribution >= 0.6 is 0 Å². The minimum absolute atomic E-state index is 0.0110. The highest BCUT2D eigenvalue weighted by molar-refractivity contribution is 5.99. The summed E-state index contributed by atoms with van der Waals surface area (Å²) in [4.78, 5) is 16.6. The largest absolute Gasteiger partial charge is 0.295 e. The average Bonchev–Trinajstić information content (AvgIpc) is 2.84. The van der Waals surface area contributed by atoms with Crippen molar-refractivity contribution in [3.63, 3.8) is 0 Å². The molecule has 0 spiro atoms. The van der Waals surface area contributed by atoms with E-state index in [4.69, 9.17) is 0 Å². The van der Waals surface area contributed by atoms with E-state index in [1.54, 1.807) is 11.2 Å². The van der Waals surface area contributed by atoms with E-state index in [1.807, 2.05) is 54.6 Å². The maximum atomic E-state index is 12.3. The van der Waals surface area contributed by atoms with E-state index >= 15 is 0 Å². The van der Waals surface area contributed by atoms with E-state index in [0.717, 1.165) is 27.7 Å². The lowest BCUT2D eigenvalue weighted by Crippen LogP contribution is -2.30. The predicted octanol–water partition coefficient (Wildman–Crippen LogP) is 3.22. The van der Waals surface area contributed by atoms with Gasteiger partial charge in [0.2, 0.25) is 0 Å². The van der Waals surface area contributed by atoms with E-state index in [-0.39, 0.29) is 5.91 Å². The zero-order chi connectivity index (χ0) is 14.2. The van der Waals surface area contributed by atoms with Crippen molar-refractivity contribution in [1.82, 2.24) is 9.99 Å². The van der Waals surface area contributed by atoms with Crippen LogP contribution in [0.3, 0.4) is 0 Å². The molecule has 102 valence electrons. The average molecular weight is 275 g/mol. The Hall–Kier alpha value is -2.88. The summed E-state index contributed by atoms with van der Waals surface area (Å²) in [6.45, 7) is 0.583. The molecular formula is C17H13N3O. The molecule has 0 radical (unpaired) electrons. The number of aromatic nitrogens is 1. The van der Waals surface area contributed by atoms with Crippen molar-refractivity contribution in [1.29, 1.82) is 0 Å². The molecule has 2 aromatic carbocycles. The number of rotatable bonds is 2. The first-order valence-corrected chi connectivity index (χ1v) is 6.82. The lowest BCUT2D eigenvalue weighted by molar-refractivity contribution is 0.0814. The third-order valence-electron chi connectivity index (χ3n) is 3.69. The van der Waals surface area contributed by atoms with Gasteiger partial charge in [0.1, 0.15) is 0 Å². The second kappa shape index (κ2) is 4.59. The number of nitrogens with zero attached hydrogens (tertiary/aromatic N) is 2. The van der Waals surface area contributed by atoms with Crippen LogP contribution in [-0.4, -0.2) is 15.9 Å². The predicted molar refractivity (Wildman–Crippen MR) is 81.7 cm³/mol. The first kappa shape index (κ1) is 11.9. The fourth-order valence-electron chi connectivity index (χ4n) is 2.65. The van der Waals surface area contributed by atoms with Crippen LogP contribution < -0.4 is 5.43 Å². The van der Waals surface area contributed by atoms with Crippen molar-refractivity contribution in [2.75, 3.05) is 5.43 Å². The van der Waals surface area contributed by atoms with Crippen LogP contribution in [-0.2, 0) is 6.54 Å². The molecule has 0 fully saturated rings. The Kier molecular flexibility index (Phi) is 2.60. The third-order valence-corrected chi connectivity index (χ3v) is 3.69. The summed E-state index contributed by atoms with van der Waals surface area (Å²) in [5.41, 5.74) is 6.84. The topological polar surface area (TPSA) is 45.2 Å². The summed E-state index contributed by atoms with van der Waals surface area (Å²) in [6.07, 6.45) is 1.77. The van der Waals surface area contributed by atoms with Crippen molar-refractivity contribution >= 4 is 22.5 Å². The smallest absolute Gasteiger partial charge is 0.272 e. The Bertz CT molecular complexity index is 844. The SMILES string of the molecule is O=C1c2ccccc2CN1Nc1ccc2ncccc2c1. The second-order valence-corrected chi connectivity index (χ2v) is 5.07. The molecule has 0 saturated heterocycles. The van der Waals surface area contributed by atoms with Gasteiger partial charge in [0.15, 0.2) is 0 Å². The number of anilines is 1. The molecule has 4 heteroatoms. The molecule has 1 amide bonds. The first-order valence-electron chi connectivity index (χ1n) is 6.82. The highest BCUT2D eigenvalue weighted by Crippen LogP contribution is 2.24. The van der Waals surface area contributed by atoms with E-state index in [2.05, 4.69) is 10.4 Å². The van der Waals surface area contributed by atoms with Crippen LogP contribution in [0.2, 0.25) is 0 Å². The Morgan fingerprint density at radius 3 is 2.86 bits per heavy atom. The van der Waals surface area contributed by atoms with E-state index in [0.29, 0.717) is 6.54 Å². The molecule has 0 atom stereocenters. The zero-order valence-corrected chi connectivity index (χ0v) is 11.3. The number of carbonyl (C=O) groups excluding carboxylic acids is 1. The van der Waals surface area contributed by atoms with Crippen molar-refractivity contribution < 1.29 is 4.79 Å². The molecule has 1 aliphatic heterocycles. The summed E-state index contributed by atoms with van der Waals surface area (Å²) in [5, 5.41) is 2.69. The molecule has 21 heavy (non-hydrogen) atoms. The molecule has 0 aliphatic carbocycles. The fourth-order valence-corrected chi connectivity index (χ4v) is 2.65. The quantitative estimate of drug-likeness (QED) is 0.781. The van der Waals surface area contributed by atoms with Crippen molar-refractivity contribution in [2.45, 2.75) is 6.54 Å². The monoisotopic (exact) mass is 275 g/mol. The number of pyridine rings is 1. The van der Waals surface area contributed by atoms with E-state index in [9.17, 15) is 4.79 Å². The zero-order valence-electron chi connectivity index (χ0n) is 11.3. The summed E-state index contributed by atoms with van der Waals surface area (Å²) in [5.74, 6) is 0.0110. The maximum absolute atomic E-state index is 12.3. The molecule has 1 N–H and O–H groups in total. The lowest BCUT2D eigenvalue weighted by atomic mass is 10.1. The fraction of sp³-hybridized carbons (Fsp3) is 0.0588. The Morgan fingerprint density at radius 1 is 1.05 bits per heavy atom. The number of nitrogens with one attached hydrogen (secondary N) is 1. The molecule has 1 aromatic heterocycles. The second-order valence-electron chi connectivity index (χ2n) is 5.07. The van der Waals surface area contributed by atoms with Gasteiger partial charge in [-0.25, -0.2) is 5.01 Å². The van der Waals surface area contributed by atoms with Crippen LogP contribution in [0, 0.1) is 0 Å². The highest BCUT2D eigenvalue weighted by atomic mass is 16.2. The van der Waals surface area contributed by atoms with Crippen molar-refractivity contribution in [2.24, 2.45) is 0 Å². The van der Waals surface area contributed by atoms with Gasteiger partial charge in [-0.15, -0.1) is 0 Å². The molecule has 4 nitrogen and oxygen atoms in total. The number of hydrogen-bond donors (Lipinski definition) is 1. The van der Waals surface area contributed by atoms with Gasteiger partial charge in [-0.2, -0.15) is 0 Å². The van der Waals surface area contributed by atoms with Gasteiger partial charge in [-0.1, -0.05) is 24.3 Å². The molecule has 4 rings (SSSR count). The maximum Gasteiger partial charge on any atom is 0.272 e. The van der Waals surface area contributed by atoms with Crippen LogP contribution in [0.15, 0.2) is 60.8 Å². The van der Waals surface area contributed by atoms with Crippen LogP contribution in [0.25, 0.3) is 10.9 Å².